The van der Waals surface area contributed by atoms with Crippen molar-refractivity contribution in [2.45, 2.75) is 78.8 Å². The van der Waals surface area contributed by atoms with E-state index in [2.05, 4.69) is 49.3 Å². The molecule has 3 heterocycles. The smallest absolute Gasteiger partial charge is 0.264 e. The average molecular weight is 642 g/mol. The van der Waals surface area contributed by atoms with E-state index in [4.69, 9.17) is 9.72 Å². The van der Waals surface area contributed by atoms with Crippen LogP contribution in [-0.2, 0) is 23.0 Å². The van der Waals surface area contributed by atoms with Gasteiger partial charge in [0.2, 0.25) is 11.8 Å². The lowest BCUT2D eigenvalue weighted by Crippen LogP contribution is -2.45. The highest BCUT2D eigenvalue weighted by molar-refractivity contribution is 7.92. The molecule has 242 valence electrons. The van der Waals surface area contributed by atoms with Crippen LogP contribution in [0.1, 0.15) is 73.9 Å². The van der Waals surface area contributed by atoms with Crippen molar-refractivity contribution in [3.63, 3.8) is 0 Å². The zero-order chi connectivity index (χ0) is 33.2. The molecule has 0 saturated carbocycles. The number of aryl methyl sites for hydroxylation is 2. The summed E-state index contributed by atoms with van der Waals surface area (Å²) >= 11 is 0. The lowest BCUT2D eigenvalue weighted by Gasteiger charge is -2.35. The Morgan fingerprint density at radius 1 is 0.935 bits per heavy atom. The zero-order valence-corrected chi connectivity index (χ0v) is 28.5. The Hall–Kier alpha value is -4.31. The van der Waals surface area contributed by atoms with Crippen molar-refractivity contribution in [2.24, 2.45) is 11.3 Å². The van der Waals surface area contributed by atoms with E-state index in [9.17, 15) is 13.2 Å². The zero-order valence-electron chi connectivity index (χ0n) is 27.7. The predicted molar refractivity (Wildman–Crippen MR) is 180 cm³/mol. The monoisotopic (exact) mass is 641 g/mol. The minimum absolute atomic E-state index is 0.0643. The Balaban J connectivity index is 1.66. The summed E-state index contributed by atoms with van der Waals surface area (Å²) in [5.41, 5.74) is 5.18. The van der Waals surface area contributed by atoms with Gasteiger partial charge < -0.3 is 9.64 Å². The van der Waals surface area contributed by atoms with Crippen molar-refractivity contribution in [3.8, 4) is 17.1 Å². The number of amides is 1. The number of nitrogens with one attached hydrogen (secondary N) is 1. The van der Waals surface area contributed by atoms with Crippen LogP contribution in [0, 0.1) is 25.2 Å². The molecule has 1 aliphatic rings. The Morgan fingerprint density at radius 3 is 2.30 bits per heavy atom. The quantitative estimate of drug-likeness (QED) is 0.241. The Labute approximate surface area is 272 Å². The normalized spacial score (nSPS) is 16.6. The highest BCUT2D eigenvalue weighted by Gasteiger charge is 2.32. The predicted octanol–water partition coefficient (Wildman–Crippen LogP) is 6.99. The van der Waals surface area contributed by atoms with Crippen molar-refractivity contribution in [1.82, 2.24) is 19.9 Å². The van der Waals surface area contributed by atoms with Gasteiger partial charge in [0.05, 0.1) is 28.9 Å². The minimum Gasteiger partial charge on any atom is -0.475 e. The van der Waals surface area contributed by atoms with Gasteiger partial charge in [-0.1, -0.05) is 65.0 Å². The highest BCUT2D eigenvalue weighted by atomic mass is 32.2. The third-order valence-electron chi connectivity index (χ3n) is 7.84. The van der Waals surface area contributed by atoms with E-state index in [0.29, 0.717) is 18.0 Å². The van der Waals surface area contributed by atoms with Gasteiger partial charge in [0.1, 0.15) is 6.61 Å². The molecule has 1 amide bonds. The van der Waals surface area contributed by atoms with E-state index in [1.54, 1.807) is 23.1 Å². The third-order valence-corrected chi connectivity index (χ3v) is 9.17. The fourth-order valence-electron chi connectivity index (χ4n) is 5.87. The van der Waals surface area contributed by atoms with Crippen LogP contribution in [0.25, 0.3) is 11.3 Å². The van der Waals surface area contributed by atoms with Crippen molar-refractivity contribution < 1.29 is 17.9 Å². The van der Waals surface area contributed by atoms with E-state index >= 15 is 0 Å². The summed E-state index contributed by atoms with van der Waals surface area (Å²) in [6.07, 6.45) is 1.43. The fourth-order valence-corrected chi connectivity index (χ4v) is 6.86. The number of nitrogens with zero attached hydrogens (tertiary/aromatic N) is 4. The molecular weight excluding hydrogens is 598 g/mol. The number of pyridine rings is 1. The number of carbonyl (C=O) groups excluding carboxylic acids is 1. The number of benzene rings is 2. The molecule has 9 nitrogen and oxygen atoms in total. The number of ether oxygens (including phenoxy) is 1. The van der Waals surface area contributed by atoms with Crippen LogP contribution in [0.5, 0.6) is 5.88 Å². The first-order chi connectivity index (χ1) is 21.7. The number of anilines is 1. The molecule has 0 fully saturated rings. The van der Waals surface area contributed by atoms with Gasteiger partial charge in [-0.2, -0.15) is 4.98 Å². The first-order valence-corrected chi connectivity index (χ1v) is 17.1. The van der Waals surface area contributed by atoms with Crippen LogP contribution in [0.4, 0.5) is 5.95 Å². The Morgan fingerprint density at radius 2 is 1.61 bits per heavy atom. The number of fused-ring (bicyclic) bond motifs is 4. The number of carbonyl (C=O) groups is 1. The summed E-state index contributed by atoms with van der Waals surface area (Å²) in [5.74, 6) is 0.224. The van der Waals surface area contributed by atoms with Gasteiger partial charge in [-0.05, 0) is 79.5 Å². The van der Waals surface area contributed by atoms with Gasteiger partial charge >= 0.3 is 0 Å². The third kappa shape index (κ3) is 7.91. The second-order valence-electron chi connectivity index (χ2n) is 13.7. The van der Waals surface area contributed by atoms with Crippen molar-refractivity contribution >= 4 is 21.9 Å². The van der Waals surface area contributed by atoms with E-state index in [-0.39, 0.29) is 52.8 Å². The van der Waals surface area contributed by atoms with Gasteiger partial charge in [-0.3, -0.25) is 9.78 Å². The van der Waals surface area contributed by atoms with Gasteiger partial charge in [0.15, 0.2) is 0 Å². The molecule has 4 aromatic rings. The molecular formula is C36H43N5O4S. The van der Waals surface area contributed by atoms with Gasteiger partial charge in [0.25, 0.3) is 15.9 Å². The molecule has 0 radical (unpaired) electrons. The van der Waals surface area contributed by atoms with E-state index in [0.717, 1.165) is 34.5 Å². The van der Waals surface area contributed by atoms with Crippen molar-refractivity contribution in [2.75, 3.05) is 11.3 Å². The lowest BCUT2D eigenvalue weighted by molar-refractivity contribution is 0.0509. The molecule has 0 aliphatic carbocycles. The second kappa shape index (κ2) is 13.2. The molecule has 0 saturated heterocycles. The van der Waals surface area contributed by atoms with Crippen molar-refractivity contribution in [3.05, 3.63) is 94.8 Å². The maximum Gasteiger partial charge on any atom is 0.264 e. The topological polar surface area (TPSA) is 114 Å². The van der Waals surface area contributed by atoms with Crippen LogP contribution in [-0.4, -0.2) is 46.8 Å². The van der Waals surface area contributed by atoms with E-state index < -0.39 is 10.0 Å². The lowest BCUT2D eigenvalue weighted by atomic mass is 9.87. The number of rotatable bonds is 6. The largest absolute Gasteiger partial charge is 0.475 e. The van der Waals surface area contributed by atoms with Crippen molar-refractivity contribution in [1.29, 1.82) is 0 Å². The molecule has 0 unspecified atom stereocenters. The first kappa shape index (κ1) is 33.1. The second-order valence-corrected chi connectivity index (χ2v) is 15.4. The number of sulfonamides is 1. The number of hydrogen-bond donors (Lipinski definition) is 1. The maximum atomic E-state index is 14.4. The molecule has 4 bridgehead atoms. The average Bonchev–Trinajstić information content (AvgIpc) is 2.96. The summed E-state index contributed by atoms with van der Waals surface area (Å²) in [6, 6.07) is 19.2. The molecule has 10 heteroatoms. The maximum absolute atomic E-state index is 14.4. The van der Waals surface area contributed by atoms with E-state index in [1.807, 2.05) is 50.2 Å². The van der Waals surface area contributed by atoms with Gasteiger partial charge in [-0.15, -0.1) is 0 Å². The fraction of sp³-hybridized carbons (Fsp3) is 0.389. The molecule has 1 N–H and O–H groups in total. The van der Waals surface area contributed by atoms with Crippen LogP contribution in [0.3, 0.4) is 0 Å². The van der Waals surface area contributed by atoms with Crippen LogP contribution < -0.4 is 9.46 Å². The molecule has 0 spiro atoms. The molecule has 1 aliphatic heterocycles. The number of hydrogen-bond acceptors (Lipinski definition) is 7. The minimum atomic E-state index is -4.15. The van der Waals surface area contributed by atoms with Gasteiger partial charge in [0, 0.05) is 22.9 Å². The number of aromatic nitrogens is 3. The van der Waals surface area contributed by atoms with E-state index in [1.165, 1.54) is 12.1 Å². The molecule has 2 aromatic heterocycles. The van der Waals surface area contributed by atoms with Crippen LogP contribution >= 0.6 is 0 Å². The summed E-state index contributed by atoms with van der Waals surface area (Å²) in [6.45, 7) is 15.0. The van der Waals surface area contributed by atoms with Gasteiger partial charge in [-0.25, -0.2) is 18.1 Å². The SMILES string of the molecule is Cc1cccc(C)c1-c1cc2nc(n1)NS(=O)(=O)c1cccc(c1)C(=O)N(Cc1cccc(CC(C)C)n1)[C@H](CC(C)(C)C)CO2. The summed E-state index contributed by atoms with van der Waals surface area (Å²) in [5, 5.41) is 0. The summed E-state index contributed by atoms with van der Waals surface area (Å²) in [7, 11) is -4.15. The Kier molecular flexibility index (Phi) is 9.49. The van der Waals surface area contributed by atoms with Crippen LogP contribution in [0.2, 0.25) is 0 Å². The first-order valence-electron chi connectivity index (χ1n) is 15.7. The molecule has 5 rings (SSSR count). The van der Waals surface area contributed by atoms with Crippen LogP contribution in [0.15, 0.2) is 71.6 Å². The standard InChI is InChI=1S/C36H43N5O4S/c1-23(2)17-27-14-10-15-28(37-27)21-41-29(20-36(5,6)7)22-45-32-19-31(33-24(3)11-8-12-25(33)4)38-35(39-32)40-46(43,44)30-16-9-13-26(18-30)34(41)42/h8-16,18-19,23,29H,17,20-22H2,1-7H3,(H,38,39,40)/t29-/m1/s1. The highest BCUT2D eigenvalue weighted by Crippen LogP contribution is 2.31. The Bertz CT molecular complexity index is 1830. The molecule has 1 atom stereocenters. The molecule has 46 heavy (non-hydrogen) atoms. The summed E-state index contributed by atoms with van der Waals surface area (Å²) in [4.78, 5) is 30.1. The summed E-state index contributed by atoms with van der Waals surface area (Å²) < 4.78 is 36.2. The molecule has 2 aromatic carbocycles.